The summed E-state index contributed by atoms with van der Waals surface area (Å²) in [4.78, 5) is 3.17. The number of benzene rings is 1. The minimum atomic E-state index is 0.741. The van der Waals surface area contributed by atoms with Crippen molar-refractivity contribution >= 4 is 35.2 Å². The Morgan fingerprint density at radius 3 is 3.00 bits per heavy atom. The number of hydrogen-bond donors (Lipinski definition) is 1. The topological polar surface area (TPSA) is 15.8 Å². The highest BCUT2D eigenvalue weighted by Gasteiger charge is 1.99. The Balaban J connectivity index is 2.90. The molecule has 0 radical (unpaired) electrons. The highest BCUT2D eigenvalue weighted by molar-refractivity contribution is 6.31. The van der Waals surface area contributed by atoms with Crippen LogP contribution in [-0.2, 0) is 0 Å². The summed E-state index contributed by atoms with van der Waals surface area (Å²) in [7, 11) is 0. The number of halogens is 1. The van der Waals surface area contributed by atoms with E-state index in [1.165, 1.54) is 0 Å². The van der Waals surface area contributed by atoms with Gasteiger partial charge in [-0.05, 0) is 19.1 Å². The van der Waals surface area contributed by atoms with Crippen LogP contribution in [0.1, 0.15) is 6.92 Å². The fourth-order valence-corrected chi connectivity index (χ4v) is 1.92. The van der Waals surface area contributed by atoms with Crippen molar-refractivity contribution in [2.45, 2.75) is 6.92 Å². The number of allylic oxidation sites excluding steroid dienone is 2. The van der Waals surface area contributed by atoms with E-state index in [1.807, 2.05) is 43.5 Å². The van der Waals surface area contributed by atoms with Crippen LogP contribution < -0.4 is 10.4 Å². The Hall–Kier alpha value is -1.47. The normalized spacial score (nSPS) is 13.1. The number of hydrogen-bond acceptors (Lipinski definition) is 0. The molecular formula is C13H12ClN. The molecule has 1 aromatic carbocycles. The fourth-order valence-electron chi connectivity index (χ4n) is 1.63. The number of nitrogens with one attached hydrogen (secondary N) is 1. The minimum Gasteiger partial charge on any atom is -0.361 e. The van der Waals surface area contributed by atoms with E-state index in [1.54, 1.807) is 0 Å². The molecule has 0 aliphatic heterocycles. The molecule has 76 valence electrons. The van der Waals surface area contributed by atoms with Gasteiger partial charge in [0.25, 0.3) is 0 Å². The van der Waals surface area contributed by atoms with Crippen molar-refractivity contribution in [3.8, 4) is 0 Å². The molecule has 0 saturated heterocycles. The molecule has 1 N–H and O–H groups in total. The third kappa shape index (κ3) is 1.71. The van der Waals surface area contributed by atoms with Gasteiger partial charge in [-0.25, -0.2) is 0 Å². The van der Waals surface area contributed by atoms with Gasteiger partial charge in [0.15, 0.2) is 0 Å². The third-order valence-corrected chi connectivity index (χ3v) is 2.71. The lowest BCUT2D eigenvalue weighted by Gasteiger charge is -1.96. The molecule has 0 atom stereocenters. The number of aromatic nitrogens is 1. The van der Waals surface area contributed by atoms with Gasteiger partial charge in [0.2, 0.25) is 0 Å². The van der Waals surface area contributed by atoms with Gasteiger partial charge in [0, 0.05) is 27.0 Å². The van der Waals surface area contributed by atoms with Gasteiger partial charge < -0.3 is 4.98 Å². The van der Waals surface area contributed by atoms with E-state index in [2.05, 4.69) is 11.6 Å². The van der Waals surface area contributed by atoms with Gasteiger partial charge in [-0.15, -0.1) is 0 Å². The van der Waals surface area contributed by atoms with Gasteiger partial charge in [-0.1, -0.05) is 36.4 Å². The van der Waals surface area contributed by atoms with Crippen LogP contribution in [0.3, 0.4) is 0 Å². The number of aromatic amines is 1. The van der Waals surface area contributed by atoms with Gasteiger partial charge in [0.1, 0.15) is 0 Å². The second kappa shape index (κ2) is 3.95. The summed E-state index contributed by atoms with van der Waals surface area (Å²) in [6.07, 6.45) is 7.80. The van der Waals surface area contributed by atoms with Crippen LogP contribution in [0, 0.1) is 0 Å². The first-order chi connectivity index (χ1) is 7.24. The Morgan fingerprint density at radius 1 is 1.47 bits per heavy atom. The quantitative estimate of drug-likeness (QED) is 0.756. The molecule has 2 rings (SSSR count). The van der Waals surface area contributed by atoms with E-state index in [-0.39, 0.29) is 0 Å². The highest BCUT2D eigenvalue weighted by Crippen LogP contribution is 2.10. The van der Waals surface area contributed by atoms with Crippen LogP contribution in [-0.4, -0.2) is 4.98 Å². The first-order valence-corrected chi connectivity index (χ1v) is 5.19. The predicted octanol–water partition coefficient (Wildman–Crippen LogP) is 2.59. The van der Waals surface area contributed by atoms with Crippen LogP contribution in [0.25, 0.3) is 23.6 Å². The number of fused-ring (bicyclic) bond motifs is 1. The minimum absolute atomic E-state index is 0.741. The molecule has 0 aliphatic carbocycles. The SMILES string of the molecule is C=c1/c(=C\C=C/C)c(Cl)cc2cc[nH]c12. The smallest absolute Gasteiger partial charge is 0.0528 e. The lowest BCUT2D eigenvalue weighted by atomic mass is 10.1. The summed E-state index contributed by atoms with van der Waals surface area (Å²) >= 11 is 6.18. The largest absolute Gasteiger partial charge is 0.361 e. The maximum Gasteiger partial charge on any atom is 0.0528 e. The zero-order valence-corrected chi connectivity index (χ0v) is 9.31. The van der Waals surface area contributed by atoms with Crippen molar-refractivity contribution in [2.24, 2.45) is 0 Å². The van der Waals surface area contributed by atoms with Gasteiger partial charge in [0.05, 0.1) is 5.52 Å². The van der Waals surface area contributed by atoms with Crippen LogP contribution in [0.2, 0.25) is 5.02 Å². The molecule has 0 fully saturated rings. The van der Waals surface area contributed by atoms with E-state index in [9.17, 15) is 0 Å². The lowest BCUT2D eigenvalue weighted by molar-refractivity contribution is 1.44. The third-order valence-electron chi connectivity index (χ3n) is 2.40. The molecule has 1 aromatic heterocycles. The lowest BCUT2D eigenvalue weighted by Crippen LogP contribution is -2.24. The Bertz CT molecular complexity index is 620. The zero-order valence-electron chi connectivity index (χ0n) is 8.55. The maximum atomic E-state index is 6.18. The number of H-pyrrole nitrogens is 1. The molecule has 1 heterocycles. The summed E-state index contributed by atoms with van der Waals surface area (Å²) in [5.41, 5.74) is 1.05. The Kier molecular flexibility index (Phi) is 2.65. The van der Waals surface area contributed by atoms with Crippen molar-refractivity contribution < 1.29 is 0 Å². The summed E-state index contributed by atoms with van der Waals surface area (Å²) in [6.45, 7) is 6.03. The monoisotopic (exact) mass is 217 g/mol. The molecule has 0 saturated carbocycles. The highest BCUT2D eigenvalue weighted by atomic mass is 35.5. The molecule has 1 nitrogen and oxygen atoms in total. The summed E-state index contributed by atoms with van der Waals surface area (Å²) < 4.78 is 0. The molecule has 2 aromatic rings. The van der Waals surface area contributed by atoms with Crippen molar-refractivity contribution in [3.05, 3.63) is 45.9 Å². The first kappa shape index (κ1) is 10.1. The average molecular weight is 218 g/mol. The molecular weight excluding hydrogens is 206 g/mol. The molecule has 0 unspecified atom stereocenters. The molecule has 0 aliphatic rings. The van der Waals surface area contributed by atoms with E-state index in [0.717, 1.165) is 26.4 Å². The second-order valence-electron chi connectivity index (χ2n) is 3.38. The standard InChI is InChI=1S/C13H12ClN/c1-3-4-5-11-9(2)13-10(6-7-15-13)8-12(11)14/h3-8,15H,2H2,1H3/b4-3-,11-5+. The molecule has 2 heteroatoms. The van der Waals surface area contributed by atoms with Crippen molar-refractivity contribution in [1.29, 1.82) is 0 Å². The van der Waals surface area contributed by atoms with Crippen LogP contribution >= 0.6 is 11.6 Å². The van der Waals surface area contributed by atoms with Crippen molar-refractivity contribution in [3.63, 3.8) is 0 Å². The second-order valence-corrected chi connectivity index (χ2v) is 3.79. The molecule has 15 heavy (non-hydrogen) atoms. The summed E-state index contributed by atoms with van der Waals surface area (Å²) in [5.74, 6) is 0. The Labute approximate surface area is 93.4 Å². The number of rotatable bonds is 1. The van der Waals surface area contributed by atoms with Crippen LogP contribution in [0.15, 0.2) is 30.5 Å². The average Bonchev–Trinajstić information content (AvgIpc) is 2.65. The predicted molar refractivity (Wildman–Crippen MR) is 67.4 cm³/mol. The van der Waals surface area contributed by atoms with Crippen molar-refractivity contribution in [1.82, 2.24) is 4.98 Å². The van der Waals surface area contributed by atoms with E-state index in [4.69, 9.17) is 11.6 Å². The van der Waals surface area contributed by atoms with E-state index in [0.29, 0.717) is 0 Å². The van der Waals surface area contributed by atoms with E-state index >= 15 is 0 Å². The van der Waals surface area contributed by atoms with Crippen LogP contribution in [0.5, 0.6) is 0 Å². The van der Waals surface area contributed by atoms with Gasteiger partial charge in [-0.3, -0.25) is 0 Å². The van der Waals surface area contributed by atoms with Crippen molar-refractivity contribution in [2.75, 3.05) is 0 Å². The van der Waals surface area contributed by atoms with E-state index < -0.39 is 0 Å². The molecule has 0 spiro atoms. The van der Waals surface area contributed by atoms with Crippen LogP contribution in [0.4, 0.5) is 0 Å². The summed E-state index contributed by atoms with van der Waals surface area (Å²) in [5, 5.41) is 3.76. The molecule has 0 bridgehead atoms. The fraction of sp³-hybridized carbons (Fsp3) is 0.0769. The van der Waals surface area contributed by atoms with Gasteiger partial charge in [-0.2, -0.15) is 0 Å². The Morgan fingerprint density at radius 2 is 2.27 bits per heavy atom. The van der Waals surface area contributed by atoms with Gasteiger partial charge >= 0.3 is 0 Å². The molecule has 0 amide bonds. The summed E-state index contributed by atoms with van der Waals surface area (Å²) in [6, 6.07) is 3.95. The maximum absolute atomic E-state index is 6.18. The zero-order chi connectivity index (χ0) is 10.8. The first-order valence-electron chi connectivity index (χ1n) is 4.81.